The summed E-state index contributed by atoms with van der Waals surface area (Å²) < 4.78 is 27.3. The van der Waals surface area contributed by atoms with Crippen molar-refractivity contribution in [3.05, 3.63) is 30.4 Å². The maximum atomic E-state index is 12.2. The summed E-state index contributed by atoms with van der Waals surface area (Å²) in [5.74, 6) is 0.718. The van der Waals surface area contributed by atoms with Crippen LogP contribution in [0.3, 0.4) is 0 Å². The summed E-state index contributed by atoms with van der Waals surface area (Å²) in [6.07, 6.45) is 1.59. The van der Waals surface area contributed by atoms with Gasteiger partial charge in [0.25, 0.3) is 0 Å². The molecule has 0 saturated heterocycles. The van der Waals surface area contributed by atoms with Crippen LogP contribution in [0.4, 0.5) is 11.4 Å². The summed E-state index contributed by atoms with van der Waals surface area (Å²) in [4.78, 5) is 0.0791. The maximum absolute atomic E-state index is 12.2. The molecular formula is C12H18N6O2S. The number of hydrogen-bond acceptors (Lipinski definition) is 6. The number of aryl methyl sites for hydroxylation is 1. The Bertz CT molecular complexity index is 738. The molecule has 3 N–H and O–H groups in total. The van der Waals surface area contributed by atoms with Crippen molar-refractivity contribution < 1.29 is 8.42 Å². The van der Waals surface area contributed by atoms with E-state index in [0.717, 1.165) is 10.1 Å². The van der Waals surface area contributed by atoms with Gasteiger partial charge in [-0.2, -0.15) is 0 Å². The highest BCUT2D eigenvalue weighted by Gasteiger charge is 2.21. The van der Waals surface area contributed by atoms with Crippen molar-refractivity contribution in [1.82, 2.24) is 19.1 Å². The first-order chi connectivity index (χ1) is 9.84. The second-order valence-electron chi connectivity index (χ2n) is 4.72. The van der Waals surface area contributed by atoms with Crippen molar-refractivity contribution >= 4 is 21.4 Å². The number of nitrogens with one attached hydrogen (secondary N) is 1. The zero-order valence-corrected chi connectivity index (χ0v) is 12.9. The van der Waals surface area contributed by atoms with Gasteiger partial charge in [0, 0.05) is 21.1 Å². The van der Waals surface area contributed by atoms with Crippen LogP contribution in [0.2, 0.25) is 0 Å². The normalized spacial score (nSPS) is 11.8. The fourth-order valence-corrected chi connectivity index (χ4v) is 2.79. The van der Waals surface area contributed by atoms with Gasteiger partial charge in [-0.25, -0.2) is 12.7 Å². The van der Waals surface area contributed by atoms with Crippen molar-refractivity contribution in [2.24, 2.45) is 7.05 Å². The molecule has 21 heavy (non-hydrogen) atoms. The smallest absolute Gasteiger partial charge is 0.244 e. The molecule has 0 aliphatic rings. The highest BCUT2D eigenvalue weighted by atomic mass is 32.2. The number of nitrogens with two attached hydrogens (primary N) is 1. The lowest BCUT2D eigenvalue weighted by atomic mass is 10.2. The Morgan fingerprint density at radius 2 is 2.10 bits per heavy atom. The molecule has 0 saturated carbocycles. The molecule has 0 spiro atoms. The fourth-order valence-electron chi connectivity index (χ4n) is 1.76. The van der Waals surface area contributed by atoms with E-state index in [0.29, 0.717) is 12.2 Å². The van der Waals surface area contributed by atoms with Gasteiger partial charge in [0.2, 0.25) is 10.0 Å². The molecule has 2 rings (SSSR count). The number of rotatable bonds is 5. The van der Waals surface area contributed by atoms with Crippen molar-refractivity contribution in [3.63, 3.8) is 0 Å². The Hall–Kier alpha value is -2.13. The number of anilines is 2. The van der Waals surface area contributed by atoms with Crippen LogP contribution in [0.1, 0.15) is 5.82 Å². The summed E-state index contributed by atoms with van der Waals surface area (Å²) in [5, 5.41) is 10.8. The number of sulfonamides is 1. The molecule has 1 aromatic heterocycles. The number of nitrogens with zero attached hydrogens (tertiary/aromatic N) is 4. The highest BCUT2D eigenvalue weighted by molar-refractivity contribution is 7.89. The first-order valence-electron chi connectivity index (χ1n) is 6.22. The van der Waals surface area contributed by atoms with Gasteiger partial charge in [0.1, 0.15) is 11.2 Å². The van der Waals surface area contributed by atoms with Gasteiger partial charge in [-0.1, -0.05) is 6.07 Å². The van der Waals surface area contributed by atoms with Crippen LogP contribution in [0.5, 0.6) is 0 Å². The topological polar surface area (TPSA) is 106 Å². The Kier molecular flexibility index (Phi) is 4.14. The molecule has 0 fully saturated rings. The SMILES string of the molecule is CN(C)S(=O)(=O)c1cccc(NCc2nncn2C)c1N. The van der Waals surface area contributed by atoms with Gasteiger partial charge < -0.3 is 15.6 Å². The van der Waals surface area contributed by atoms with Gasteiger partial charge >= 0.3 is 0 Å². The molecule has 2 aromatic rings. The third-order valence-electron chi connectivity index (χ3n) is 3.07. The van der Waals surface area contributed by atoms with E-state index in [1.54, 1.807) is 23.0 Å². The highest BCUT2D eigenvalue weighted by Crippen LogP contribution is 2.28. The van der Waals surface area contributed by atoms with Crippen LogP contribution >= 0.6 is 0 Å². The molecule has 0 bridgehead atoms. The van der Waals surface area contributed by atoms with Crippen LogP contribution in [0.15, 0.2) is 29.4 Å². The minimum atomic E-state index is -3.58. The third-order valence-corrected chi connectivity index (χ3v) is 4.94. The largest absolute Gasteiger partial charge is 0.396 e. The maximum Gasteiger partial charge on any atom is 0.244 e. The lowest BCUT2D eigenvalue weighted by Gasteiger charge is -2.16. The third kappa shape index (κ3) is 2.98. The minimum Gasteiger partial charge on any atom is -0.396 e. The molecule has 0 unspecified atom stereocenters. The standard InChI is InChI=1S/C12H18N6O2S/c1-17(2)21(19,20)10-6-4-5-9(12(10)13)14-7-11-16-15-8-18(11)3/h4-6,8,14H,7,13H2,1-3H3. The van der Waals surface area contributed by atoms with E-state index >= 15 is 0 Å². The van der Waals surface area contributed by atoms with Crippen molar-refractivity contribution in [3.8, 4) is 0 Å². The van der Waals surface area contributed by atoms with Crippen molar-refractivity contribution in [2.45, 2.75) is 11.4 Å². The molecule has 1 aromatic carbocycles. The first kappa shape index (κ1) is 15.3. The Balaban J connectivity index is 2.29. The van der Waals surface area contributed by atoms with E-state index in [1.165, 1.54) is 20.2 Å². The second kappa shape index (κ2) is 5.70. The van der Waals surface area contributed by atoms with Gasteiger partial charge in [-0.3, -0.25) is 0 Å². The van der Waals surface area contributed by atoms with Crippen LogP contribution in [0, 0.1) is 0 Å². The molecular weight excluding hydrogens is 292 g/mol. The molecule has 8 nitrogen and oxygen atoms in total. The summed E-state index contributed by atoms with van der Waals surface area (Å²) in [6.45, 7) is 0.395. The van der Waals surface area contributed by atoms with Crippen LogP contribution < -0.4 is 11.1 Å². The minimum absolute atomic E-state index is 0.0791. The van der Waals surface area contributed by atoms with E-state index in [1.807, 2.05) is 7.05 Å². The van der Waals surface area contributed by atoms with E-state index in [2.05, 4.69) is 15.5 Å². The molecule has 0 amide bonds. The lowest BCUT2D eigenvalue weighted by Crippen LogP contribution is -2.23. The Labute approximate surface area is 123 Å². The number of para-hydroxylation sites is 1. The number of benzene rings is 1. The first-order valence-corrected chi connectivity index (χ1v) is 7.66. The van der Waals surface area contributed by atoms with E-state index in [9.17, 15) is 8.42 Å². The summed E-state index contributed by atoms with van der Waals surface area (Å²) in [5.41, 5.74) is 6.70. The van der Waals surface area contributed by atoms with Crippen LogP contribution in [-0.4, -0.2) is 41.6 Å². The average Bonchev–Trinajstić information content (AvgIpc) is 2.82. The van der Waals surface area contributed by atoms with E-state index in [4.69, 9.17) is 5.73 Å². The molecule has 1 heterocycles. The lowest BCUT2D eigenvalue weighted by molar-refractivity contribution is 0.521. The molecule has 0 aliphatic carbocycles. The van der Waals surface area contributed by atoms with Crippen LogP contribution in [-0.2, 0) is 23.6 Å². The van der Waals surface area contributed by atoms with Crippen molar-refractivity contribution in [1.29, 1.82) is 0 Å². The van der Waals surface area contributed by atoms with Crippen molar-refractivity contribution in [2.75, 3.05) is 25.1 Å². The van der Waals surface area contributed by atoms with Gasteiger partial charge in [0.05, 0.1) is 17.9 Å². The number of hydrogen-bond donors (Lipinski definition) is 2. The Morgan fingerprint density at radius 3 is 2.67 bits per heavy atom. The van der Waals surface area contributed by atoms with Gasteiger partial charge in [-0.15, -0.1) is 10.2 Å². The summed E-state index contributed by atoms with van der Waals surface area (Å²) >= 11 is 0. The zero-order valence-electron chi connectivity index (χ0n) is 12.1. The molecule has 9 heteroatoms. The molecule has 0 atom stereocenters. The quantitative estimate of drug-likeness (QED) is 0.767. The predicted molar refractivity (Wildman–Crippen MR) is 80.1 cm³/mol. The number of aromatic nitrogens is 3. The van der Waals surface area contributed by atoms with Crippen LogP contribution in [0.25, 0.3) is 0 Å². The zero-order chi connectivity index (χ0) is 15.6. The average molecular weight is 310 g/mol. The van der Waals surface area contributed by atoms with Gasteiger partial charge in [0.15, 0.2) is 5.82 Å². The van der Waals surface area contributed by atoms with Gasteiger partial charge in [-0.05, 0) is 12.1 Å². The fraction of sp³-hybridized carbons (Fsp3) is 0.333. The molecule has 0 aliphatic heterocycles. The number of nitrogen functional groups attached to an aromatic ring is 1. The predicted octanol–water partition coefficient (Wildman–Crippen LogP) is 0.260. The van der Waals surface area contributed by atoms with E-state index < -0.39 is 10.0 Å². The second-order valence-corrected chi connectivity index (χ2v) is 6.84. The summed E-state index contributed by atoms with van der Waals surface area (Å²) in [7, 11) is 1.18. The van der Waals surface area contributed by atoms with E-state index in [-0.39, 0.29) is 10.6 Å². The monoisotopic (exact) mass is 310 g/mol. The molecule has 114 valence electrons. The molecule has 0 radical (unpaired) electrons. The Morgan fingerprint density at radius 1 is 1.38 bits per heavy atom. The summed E-state index contributed by atoms with van der Waals surface area (Å²) in [6, 6.07) is 4.85.